The lowest BCUT2D eigenvalue weighted by Gasteiger charge is -2.36. The number of nitrogens with zero attached hydrogens (tertiary/aromatic N) is 2. The molecule has 1 aliphatic rings. The van der Waals surface area contributed by atoms with Crippen molar-refractivity contribution in [3.05, 3.63) is 71.3 Å². The zero-order valence-corrected chi connectivity index (χ0v) is 17.1. The fraction of sp³-hybridized carbons (Fsp3) is 0.348. The van der Waals surface area contributed by atoms with Crippen LogP contribution < -0.4 is 10.2 Å². The first-order valence-corrected chi connectivity index (χ1v) is 10.2. The van der Waals surface area contributed by atoms with E-state index in [2.05, 4.69) is 52.4 Å². The van der Waals surface area contributed by atoms with Gasteiger partial charge in [-0.15, -0.1) is 0 Å². The Bertz CT molecular complexity index is 768. The summed E-state index contributed by atoms with van der Waals surface area (Å²) in [6.07, 6.45) is 4.34. The first-order valence-electron chi connectivity index (χ1n) is 9.86. The third kappa shape index (κ3) is 6.39. The number of para-hydroxylation sites is 1. The molecule has 1 amide bonds. The molecule has 0 saturated carbocycles. The predicted octanol–water partition coefficient (Wildman–Crippen LogP) is 4.07. The molecule has 148 valence electrons. The first kappa shape index (κ1) is 20.4. The molecular weight excluding hydrogens is 370 g/mol. The van der Waals surface area contributed by atoms with Crippen LogP contribution in [0.3, 0.4) is 0 Å². The van der Waals surface area contributed by atoms with E-state index in [1.165, 1.54) is 5.69 Å². The number of carbonyl (C=O) groups excluding carboxylic acids is 1. The van der Waals surface area contributed by atoms with Crippen LogP contribution in [0.4, 0.5) is 5.69 Å². The third-order valence-corrected chi connectivity index (χ3v) is 5.31. The van der Waals surface area contributed by atoms with E-state index >= 15 is 0 Å². The molecular formula is C23H28ClN3O. The van der Waals surface area contributed by atoms with Gasteiger partial charge in [0.25, 0.3) is 0 Å². The highest BCUT2D eigenvalue weighted by molar-refractivity contribution is 6.30. The van der Waals surface area contributed by atoms with Crippen molar-refractivity contribution in [1.82, 2.24) is 10.2 Å². The van der Waals surface area contributed by atoms with E-state index in [9.17, 15) is 4.79 Å². The van der Waals surface area contributed by atoms with Crippen LogP contribution in [-0.2, 0) is 4.79 Å². The van der Waals surface area contributed by atoms with Crippen LogP contribution in [0.1, 0.15) is 18.9 Å². The van der Waals surface area contributed by atoms with Crippen molar-refractivity contribution in [3.63, 3.8) is 0 Å². The Hall–Kier alpha value is -2.30. The highest BCUT2D eigenvalue weighted by Crippen LogP contribution is 2.15. The quantitative estimate of drug-likeness (QED) is 0.715. The van der Waals surface area contributed by atoms with Crippen LogP contribution in [0.2, 0.25) is 5.02 Å². The molecule has 1 heterocycles. The van der Waals surface area contributed by atoms with Gasteiger partial charge in [-0.2, -0.15) is 0 Å². The molecule has 28 heavy (non-hydrogen) atoms. The molecule has 0 aromatic heterocycles. The summed E-state index contributed by atoms with van der Waals surface area (Å²) in [7, 11) is 0. The largest absolute Gasteiger partial charge is 0.369 e. The Kier molecular flexibility index (Phi) is 7.52. The minimum atomic E-state index is -0.0589. The van der Waals surface area contributed by atoms with E-state index in [0.29, 0.717) is 5.02 Å². The summed E-state index contributed by atoms with van der Waals surface area (Å²) in [6, 6.07) is 18.2. The van der Waals surface area contributed by atoms with E-state index in [1.54, 1.807) is 12.2 Å². The van der Waals surface area contributed by atoms with Crippen molar-refractivity contribution in [1.29, 1.82) is 0 Å². The summed E-state index contributed by atoms with van der Waals surface area (Å²) in [6.45, 7) is 7.29. The molecule has 0 unspecified atom stereocenters. The molecule has 0 radical (unpaired) electrons. The van der Waals surface area contributed by atoms with Gasteiger partial charge in [0.2, 0.25) is 5.91 Å². The normalized spacial score (nSPS) is 16.3. The summed E-state index contributed by atoms with van der Waals surface area (Å²) < 4.78 is 0. The van der Waals surface area contributed by atoms with E-state index in [-0.39, 0.29) is 11.9 Å². The summed E-state index contributed by atoms with van der Waals surface area (Å²) in [5, 5.41) is 3.74. The van der Waals surface area contributed by atoms with Crippen molar-refractivity contribution in [2.45, 2.75) is 19.4 Å². The maximum Gasteiger partial charge on any atom is 0.244 e. The van der Waals surface area contributed by atoms with Crippen LogP contribution in [0, 0.1) is 0 Å². The molecule has 5 heteroatoms. The van der Waals surface area contributed by atoms with Gasteiger partial charge in [-0.3, -0.25) is 9.69 Å². The highest BCUT2D eigenvalue weighted by atomic mass is 35.5. The molecule has 1 N–H and O–H groups in total. The highest BCUT2D eigenvalue weighted by Gasteiger charge is 2.17. The minimum absolute atomic E-state index is 0.0589. The van der Waals surface area contributed by atoms with E-state index in [1.807, 2.05) is 24.3 Å². The number of nitrogens with one attached hydrogen (secondary N) is 1. The maximum atomic E-state index is 12.1. The number of benzene rings is 2. The first-order chi connectivity index (χ1) is 13.6. The van der Waals surface area contributed by atoms with Gasteiger partial charge in [0.1, 0.15) is 0 Å². The van der Waals surface area contributed by atoms with Gasteiger partial charge in [0.05, 0.1) is 0 Å². The Morgan fingerprint density at radius 2 is 1.75 bits per heavy atom. The van der Waals surface area contributed by atoms with Gasteiger partial charge in [-0.25, -0.2) is 0 Å². The zero-order valence-electron chi connectivity index (χ0n) is 16.4. The molecule has 0 bridgehead atoms. The SMILES string of the molecule is C[C@@H](CCN1CCN(c2ccccc2)CC1)NC(=O)/C=C/c1ccc(Cl)cc1. The fourth-order valence-electron chi connectivity index (χ4n) is 3.35. The Balaban J connectivity index is 1.36. The molecule has 4 nitrogen and oxygen atoms in total. The standard InChI is InChI=1S/C23H28ClN3O/c1-19(25-23(28)12-9-20-7-10-21(24)11-8-20)13-14-26-15-17-27(18-16-26)22-5-3-2-4-6-22/h2-12,19H,13-18H2,1H3,(H,25,28)/b12-9+/t19-/m0/s1. The molecule has 2 aromatic rings. The van der Waals surface area contributed by atoms with Crippen LogP contribution >= 0.6 is 11.6 Å². The number of hydrogen-bond donors (Lipinski definition) is 1. The summed E-state index contributed by atoms with van der Waals surface area (Å²) in [5.74, 6) is -0.0589. The molecule has 2 aromatic carbocycles. The molecule has 1 saturated heterocycles. The van der Waals surface area contributed by atoms with Crippen LogP contribution in [-0.4, -0.2) is 49.6 Å². The lowest BCUT2D eigenvalue weighted by molar-refractivity contribution is -0.117. The lowest BCUT2D eigenvalue weighted by Crippen LogP contribution is -2.47. The zero-order chi connectivity index (χ0) is 19.8. The van der Waals surface area contributed by atoms with Gasteiger partial charge < -0.3 is 10.2 Å². The van der Waals surface area contributed by atoms with Crippen molar-refractivity contribution < 1.29 is 4.79 Å². The van der Waals surface area contributed by atoms with Crippen molar-refractivity contribution in [2.75, 3.05) is 37.6 Å². The molecule has 0 spiro atoms. The number of carbonyl (C=O) groups is 1. The average molecular weight is 398 g/mol. The summed E-state index contributed by atoms with van der Waals surface area (Å²) >= 11 is 5.87. The van der Waals surface area contributed by atoms with Gasteiger partial charge >= 0.3 is 0 Å². The molecule has 1 aliphatic heterocycles. The smallest absolute Gasteiger partial charge is 0.244 e. The molecule has 0 aliphatic carbocycles. The Morgan fingerprint density at radius 1 is 1.07 bits per heavy atom. The van der Waals surface area contributed by atoms with Gasteiger partial charge in [0, 0.05) is 55.6 Å². The summed E-state index contributed by atoms with van der Waals surface area (Å²) in [4.78, 5) is 17.0. The molecule has 1 atom stereocenters. The van der Waals surface area contributed by atoms with Gasteiger partial charge in [-0.1, -0.05) is 41.9 Å². The van der Waals surface area contributed by atoms with Crippen LogP contribution in [0.5, 0.6) is 0 Å². The monoisotopic (exact) mass is 397 g/mol. The number of piperazine rings is 1. The number of anilines is 1. The topological polar surface area (TPSA) is 35.6 Å². The molecule has 3 rings (SSSR count). The average Bonchev–Trinajstić information content (AvgIpc) is 2.73. The van der Waals surface area contributed by atoms with Crippen molar-refractivity contribution in [3.8, 4) is 0 Å². The second-order valence-electron chi connectivity index (χ2n) is 7.25. The van der Waals surface area contributed by atoms with E-state index in [4.69, 9.17) is 11.6 Å². The second-order valence-corrected chi connectivity index (χ2v) is 7.68. The van der Waals surface area contributed by atoms with E-state index < -0.39 is 0 Å². The minimum Gasteiger partial charge on any atom is -0.369 e. The van der Waals surface area contributed by atoms with Crippen LogP contribution in [0.25, 0.3) is 6.08 Å². The van der Waals surface area contributed by atoms with Gasteiger partial charge in [0.15, 0.2) is 0 Å². The number of amides is 1. The lowest BCUT2D eigenvalue weighted by atomic mass is 10.2. The van der Waals surface area contributed by atoms with E-state index in [0.717, 1.165) is 44.7 Å². The van der Waals surface area contributed by atoms with Crippen LogP contribution in [0.15, 0.2) is 60.7 Å². The van der Waals surface area contributed by atoms with Gasteiger partial charge in [-0.05, 0) is 49.2 Å². The summed E-state index contributed by atoms with van der Waals surface area (Å²) in [5.41, 5.74) is 2.26. The van der Waals surface area contributed by atoms with Crippen molar-refractivity contribution >= 4 is 29.3 Å². The fourth-order valence-corrected chi connectivity index (χ4v) is 3.48. The van der Waals surface area contributed by atoms with Crippen molar-refractivity contribution in [2.24, 2.45) is 0 Å². The Morgan fingerprint density at radius 3 is 2.43 bits per heavy atom. The maximum absolute atomic E-state index is 12.1. The number of hydrogen-bond acceptors (Lipinski definition) is 3. The predicted molar refractivity (Wildman–Crippen MR) is 118 cm³/mol. The number of rotatable bonds is 7. The molecule has 1 fully saturated rings. The number of halogens is 1. The third-order valence-electron chi connectivity index (χ3n) is 5.06. The second kappa shape index (κ2) is 10.3. The Labute approximate surface area is 172 Å².